The second kappa shape index (κ2) is 11.9. The fraction of sp³-hybridized carbons (Fsp3) is 0.615. The van der Waals surface area contributed by atoms with E-state index in [9.17, 15) is 47.9 Å². The van der Waals surface area contributed by atoms with E-state index in [-0.39, 0.29) is 29.2 Å². The number of benzene rings is 2. The van der Waals surface area contributed by atoms with Gasteiger partial charge in [0.25, 0.3) is 0 Å². The molecule has 228 valence electrons. The molecule has 1 saturated heterocycles. The Bertz CT molecular complexity index is 1270. The molecule has 2 aromatic rings. The lowest BCUT2D eigenvalue weighted by molar-refractivity contribution is -0.382. The topological polar surface area (TPSA) is 43.4 Å². The van der Waals surface area contributed by atoms with E-state index in [0.29, 0.717) is 5.39 Å². The van der Waals surface area contributed by atoms with Crippen molar-refractivity contribution in [2.24, 2.45) is 0 Å². The van der Waals surface area contributed by atoms with Crippen LogP contribution in [0, 0.1) is 0 Å². The molecular formula is C26H31F9O3S2. The molecule has 0 radical (unpaired) electrons. The molecule has 2 aromatic carbocycles. The van der Waals surface area contributed by atoms with Crippen molar-refractivity contribution in [1.82, 2.24) is 0 Å². The average molecular weight is 627 g/mol. The zero-order valence-corrected chi connectivity index (χ0v) is 23.3. The quantitative estimate of drug-likeness (QED) is 0.164. The van der Waals surface area contributed by atoms with Crippen molar-refractivity contribution >= 4 is 31.2 Å². The lowest BCUT2D eigenvalue weighted by atomic mass is 10.0. The average Bonchev–Trinajstić information content (AvgIpc) is 3.33. The van der Waals surface area contributed by atoms with Crippen molar-refractivity contribution in [2.75, 3.05) is 11.5 Å². The highest BCUT2D eigenvalue weighted by Gasteiger charge is 2.86. The van der Waals surface area contributed by atoms with E-state index < -0.39 is 43.7 Å². The summed E-state index contributed by atoms with van der Waals surface area (Å²) < 4.78 is 150. The minimum Gasteiger partial charge on any atom is -0.211 e. The third-order valence-corrected chi connectivity index (χ3v) is 12.6. The van der Waals surface area contributed by atoms with Gasteiger partial charge in [0.2, 0.25) is 0 Å². The first-order chi connectivity index (χ1) is 18.4. The third-order valence-electron chi connectivity index (χ3n) is 6.97. The van der Waals surface area contributed by atoms with Crippen LogP contribution in [-0.2, 0) is 20.2 Å². The summed E-state index contributed by atoms with van der Waals surface area (Å²) in [6, 6.07) is 9.93. The molecule has 0 atom stereocenters. The molecule has 1 aliphatic rings. The van der Waals surface area contributed by atoms with Crippen molar-refractivity contribution in [3.05, 3.63) is 42.0 Å². The maximum absolute atomic E-state index is 14.4. The molecule has 3 nitrogen and oxygen atoms in total. The van der Waals surface area contributed by atoms with E-state index in [2.05, 4.69) is 10.6 Å². The van der Waals surface area contributed by atoms with Crippen LogP contribution in [0.3, 0.4) is 0 Å². The SMILES string of the molecule is CCCCCCCCc1ccc2cc(S3(OS(=O)(=O)C(F)(F)C(F)(F)C(F)(F)C(F)(F)F)CCCC3)ccc2c1. The lowest BCUT2D eigenvalue weighted by Gasteiger charge is -2.38. The van der Waals surface area contributed by atoms with E-state index in [4.69, 9.17) is 0 Å². The molecular weight excluding hydrogens is 595 g/mol. The summed E-state index contributed by atoms with van der Waals surface area (Å²) in [6.45, 7) is 2.13. The first kappa shape index (κ1) is 32.8. The number of fused-ring (bicyclic) bond motifs is 1. The van der Waals surface area contributed by atoms with Gasteiger partial charge in [-0.1, -0.05) is 73.6 Å². The summed E-state index contributed by atoms with van der Waals surface area (Å²) in [6.07, 6.45) is 0.895. The Morgan fingerprint density at radius 3 is 1.90 bits per heavy atom. The first-order valence-corrected chi connectivity index (χ1v) is 16.2. The van der Waals surface area contributed by atoms with Crippen LogP contribution in [0.4, 0.5) is 39.5 Å². The Balaban J connectivity index is 1.87. The highest BCUT2D eigenvalue weighted by atomic mass is 32.3. The predicted molar refractivity (Wildman–Crippen MR) is 137 cm³/mol. The van der Waals surface area contributed by atoms with Gasteiger partial charge in [-0.25, -0.2) is 3.63 Å². The third kappa shape index (κ3) is 6.23. The Morgan fingerprint density at radius 1 is 0.750 bits per heavy atom. The Kier molecular flexibility index (Phi) is 9.77. The van der Waals surface area contributed by atoms with E-state index in [0.717, 1.165) is 43.1 Å². The van der Waals surface area contributed by atoms with E-state index >= 15 is 0 Å². The molecule has 0 spiro atoms. The predicted octanol–water partition coefficient (Wildman–Crippen LogP) is 9.39. The molecule has 40 heavy (non-hydrogen) atoms. The summed E-state index contributed by atoms with van der Waals surface area (Å²) in [5.41, 5.74) is 1.05. The molecule has 0 bridgehead atoms. The number of alkyl halides is 9. The fourth-order valence-electron chi connectivity index (χ4n) is 4.62. The molecule has 1 heterocycles. The van der Waals surface area contributed by atoms with Crippen molar-refractivity contribution < 1.29 is 51.6 Å². The molecule has 1 fully saturated rings. The van der Waals surface area contributed by atoms with Gasteiger partial charge in [-0.3, -0.25) is 0 Å². The Labute approximate surface area is 229 Å². The van der Waals surface area contributed by atoms with Gasteiger partial charge in [-0.05, 0) is 54.2 Å². The summed E-state index contributed by atoms with van der Waals surface area (Å²) in [5, 5.41) is -5.56. The van der Waals surface area contributed by atoms with Gasteiger partial charge in [-0.15, -0.1) is 0 Å². The Hall–Kier alpha value is -1.67. The van der Waals surface area contributed by atoms with Gasteiger partial charge < -0.3 is 0 Å². The molecule has 0 unspecified atom stereocenters. The maximum atomic E-state index is 14.4. The number of rotatable bonds is 13. The van der Waals surface area contributed by atoms with Gasteiger partial charge >= 0.3 is 33.4 Å². The van der Waals surface area contributed by atoms with Crippen molar-refractivity contribution in [1.29, 1.82) is 0 Å². The summed E-state index contributed by atoms with van der Waals surface area (Å²) in [4.78, 5) is 0.0893. The minimum atomic E-state index is -7.34. The Morgan fingerprint density at radius 2 is 1.30 bits per heavy atom. The second-order valence-corrected chi connectivity index (χ2v) is 14.9. The van der Waals surface area contributed by atoms with E-state index in [1.807, 2.05) is 12.1 Å². The molecule has 0 N–H and O–H groups in total. The van der Waals surface area contributed by atoms with Crippen LogP contribution < -0.4 is 0 Å². The zero-order chi connectivity index (χ0) is 30.0. The highest BCUT2D eigenvalue weighted by molar-refractivity contribution is 8.33. The van der Waals surface area contributed by atoms with Gasteiger partial charge in [0.1, 0.15) is 0 Å². The van der Waals surface area contributed by atoms with E-state index in [1.54, 1.807) is 12.1 Å². The number of aryl methyl sites for hydroxylation is 1. The summed E-state index contributed by atoms with van der Waals surface area (Å²) in [7, 11) is -10.2. The molecule has 14 heteroatoms. The highest BCUT2D eigenvalue weighted by Crippen LogP contribution is 2.65. The van der Waals surface area contributed by atoms with E-state index in [1.165, 1.54) is 25.0 Å². The van der Waals surface area contributed by atoms with Crippen LogP contribution in [0.25, 0.3) is 10.8 Å². The van der Waals surface area contributed by atoms with Crippen molar-refractivity contribution in [2.45, 2.75) is 92.9 Å². The number of halogens is 9. The van der Waals surface area contributed by atoms with Gasteiger partial charge in [0, 0.05) is 16.4 Å². The molecule has 3 rings (SSSR count). The fourth-order valence-corrected chi connectivity index (χ4v) is 10.3. The van der Waals surface area contributed by atoms with Gasteiger partial charge in [0.05, 0.1) is 0 Å². The minimum absolute atomic E-state index is 0.0893. The lowest BCUT2D eigenvalue weighted by Crippen LogP contribution is -2.63. The molecule has 0 aromatic heterocycles. The van der Waals surface area contributed by atoms with Crippen LogP contribution >= 0.6 is 10.3 Å². The second-order valence-electron chi connectivity index (χ2n) is 9.97. The normalized spacial score (nSPS) is 17.9. The largest absolute Gasteiger partial charge is 0.460 e. The van der Waals surface area contributed by atoms with Crippen LogP contribution in [-0.4, -0.2) is 43.2 Å². The molecule has 0 aliphatic carbocycles. The number of unbranched alkanes of at least 4 members (excludes halogenated alkanes) is 5. The van der Waals surface area contributed by atoms with Gasteiger partial charge in [-0.2, -0.15) is 47.9 Å². The number of hydrogen-bond acceptors (Lipinski definition) is 3. The first-order valence-electron chi connectivity index (χ1n) is 12.9. The standard InChI is InChI=1S/C26H31F9O3S2/c1-2-3-4-5-6-7-10-19-11-12-21-18-22(14-13-20(21)17-19)39(15-8-9-16-39)38-40(36,37)26(34,35)24(29,30)23(27,28)25(31,32)33/h11-14,17-18H,2-10,15-16H2,1H3. The summed E-state index contributed by atoms with van der Waals surface area (Å²) in [5.74, 6) is -15.0. The van der Waals surface area contributed by atoms with Gasteiger partial charge in [0.15, 0.2) is 0 Å². The number of hydrogen-bond donors (Lipinski definition) is 0. The monoisotopic (exact) mass is 626 g/mol. The van der Waals surface area contributed by atoms with Crippen LogP contribution in [0.2, 0.25) is 0 Å². The summed E-state index contributed by atoms with van der Waals surface area (Å²) >= 11 is 0. The maximum Gasteiger partial charge on any atom is 0.460 e. The van der Waals surface area contributed by atoms with Crippen LogP contribution in [0.5, 0.6) is 0 Å². The van der Waals surface area contributed by atoms with Crippen molar-refractivity contribution in [3.63, 3.8) is 0 Å². The zero-order valence-electron chi connectivity index (χ0n) is 21.7. The smallest absolute Gasteiger partial charge is 0.211 e. The molecule has 0 amide bonds. The van der Waals surface area contributed by atoms with Crippen LogP contribution in [0.1, 0.15) is 63.9 Å². The van der Waals surface area contributed by atoms with Crippen molar-refractivity contribution in [3.8, 4) is 0 Å². The van der Waals surface area contributed by atoms with Crippen LogP contribution in [0.15, 0.2) is 41.3 Å². The molecule has 0 saturated carbocycles. The molecule has 1 aliphatic heterocycles.